The molecule has 0 N–H and O–H groups in total. The molecule has 1 aliphatic heterocycles. The fraction of sp³-hybridized carbons (Fsp3) is 0.300. The topological polar surface area (TPSA) is 18.5 Å². The van der Waals surface area contributed by atoms with E-state index in [1.807, 2.05) is 18.2 Å². The zero-order chi connectivity index (χ0) is 8.39. The summed E-state index contributed by atoms with van der Waals surface area (Å²) in [5.41, 5.74) is 2.17. The van der Waals surface area contributed by atoms with Crippen LogP contribution in [0.3, 0.4) is 0 Å². The highest BCUT2D eigenvalue weighted by Crippen LogP contribution is 2.24. The molecule has 0 atom stereocenters. The first kappa shape index (κ1) is 7.62. The molecule has 0 fully saturated rings. The Labute approximate surface area is 72.0 Å². The molecule has 12 heavy (non-hydrogen) atoms. The molecule has 0 spiro atoms. The first-order valence-electron chi connectivity index (χ1n) is 4.10. The lowest BCUT2D eigenvalue weighted by Crippen LogP contribution is -1.95. The standard InChI is InChI=1S/C10H11O2/c1-8-4-5-9-3-2-6-11-12-10(9)7-8/h4-5,7H,1-3,6H2. The van der Waals surface area contributed by atoms with E-state index in [4.69, 9.17) is 9.78 Å². The van der Waals surface area contributed by atoms with Crippen LogP contribution in [0.15, 0.2) is 18.2 Å². The van der Waals surface area contributed by atoms with Gasteiger partial charge in [-0.1, -0.05) is 12.1 Å². The Balaban J connectivity index is 2.36. The summed E-state index contributed by atoms with van der Waals surface area (Å²) in [7, 11) is 0. The van der Waals surface area contributed by atoms with Crippen LogP contribution in [-0.4, -0.2) is 6.61 Å². The van der Waals surface area contributed by atoms with Crippen molar-refractivity contribution in [3.8, 4) is 5.75 Å². The molecule has 0 aliphatic carbocycles. The van der Waals surface area contributed by atoms with E-state index in [1.165, 1.54) is 5.56 Å². The van der Waals surface area contributed by atoms with Crippen LogP contribution in [0.2, 0.25) is 0 Å². The van der Waals surface area contributed by atoms with E-state index in [-0.39, 0.29) is 0 Å². The van der Waals surface area contributed by atoms with Gasteiger partial charge in [0.1, 0.15) is 0 Å². The molecule has 0 unspecified atom stereocenters. The third-order valence-corrected chi connectivity index (χ3v) is 1.95. The summed E-state index contributed by atoms with van der Waals surface area (Å²) >= 11 is 0. The highest BCUT2D eigenvalue weighted by Gasteiger charge is 2.08. The van der Waals surface area contributed by atoms with Gasteiger partial charge in [0.25, 0.3) is 0 Å². The van der Waals surface area contributed by atoms with Gasteiger partial charge in [0.05, 0.1) is 6.61 Å². The molecule has 0 amide bonds. The normalized spacial score (nSPS) is 16.1. The Hall–Kier alpha value is -1.02. The third kappa shape index (κ3) is 1.43. The fourth-order valence-electron chi connectivity index (χ4n) is 1.31. The van der Waals surface area contributed by atoms with Gasteiger partial charge in [-0.25, -0.2) is 0 Å². The van der Waals surface area contributed by atoms with Crippen LogP contribution in [0, 0.1) is 6.92 Å². The van der Waals surface area contributed by atoms with Crippen LogP contribution < -0.4 is 4.89 Å². The summed E-state index contributed by atoms with van der Waals surface area (Å²) < 4.78 is 0. The first-order valence-corrected chi connectivity index (χ1v) is 4.10. The number of fused-ring (bicyclic) bond motifs is 1. The molecule has 1 aromatic carbocycles. The predicted octanol–water partition coefficient (Wildman–Crippen LogP) is 2.13. The summed E-state index contributed by atoms with van der Waals surface area (Å²) in [5, 5.41) is 0. The molecule has 0 saturated carbocycles. The van der Waals surface area contributed by atoms with Gasteiger partial charge in [-0.05, 0) is 37.0 Å². The second-order valence-electron chi connectivity index (χ2n) is 2.95. The monoisotopic (exact) mass is 163 g/mol. The van der Waals surface area contributed by atoms with Gasteiger partial charge in [0, 0.05) is 0 Å². The van der Waals surface area contributed by atoms with Gasteiger partial charge in [0.2, 0.25) is 0 Å². The van der Waals surface area contributed by atoms with E-state index >= 15 is 0 Å². The van der Waals surface area contributed by atoms with Gasteiger partial charge in [0.15, 0.2) is 5.75 Å². The summed E-state index contributed by atoms with van der Waals surface area (Å²) in [6, 6.07) is 5.94. The smallest absolute Gasteiger partial charge is 0.168 e. The fourth-order valence-corrected chi connectivity index (χ4v) is 1.31. The maximum absolute atomic E-state index is 5.09. The maximum atomic E-state index is 5.09. The zero-order valence-corrected chi connectivity index (χ0v) is 6.88. The largest absolute Gasteiger partial charge is 0.337 e. The Kier molecular flexibility index (Phi) is 2.00. The number of aryl methyl sites for hydroxylation is 1. The minimum absolute atomic E-state index is 0.668. The van der Waals surface area contributed by atoms with E-state index in [1.54, 1.807) is 0 Å². The molecule has 1 heterocycles. The lowest BCUT2D eigenvalue weighted by molar-refractivity contribution is -0.203. The average molecular weight is 163 g/mol. The van der Waals surface area contributed by atoms with Crippen molar-refractivity contribution in [2.75, 3.05) is 6.61 Å². The van der Waals surface area contributed by atoms with E-state index in [2.05, 4.69) is 6.92 Å². The summed E-state index contributed by atoms with van der Waals surface area (Å²) in [6.07, 6.45) is 2.04. The van der Waals surface area contributed by atoms with Gasteiger partial charge in [-0.15, -0.1) is 0 Å². The number of hydrogen-bond donors (Lipinski definition) is 0. The Morgan fingerprint density at radius 1 is 1.33 bits per heavy atom. The van der Waals surface area contributed by atoms with Crippen LogP contribution in [0.5, 0.6) is 5.75 Å². The molecule has 1 aliphatic rings. The van der Waals surface area contributed by atoms with E-state index in [0.717, 1.165) is 24.2 Å². The molecule has 1 radical (unpaired) electrons. The molecular formula is C10H11O2. The molecule has 2 nitrogen and oxygen atoms in total. The second kappa shape index (κ2) is 3.15. The third-order valence-electron chi connectivity index (χ3n) is 1.95. The van der Waals surface area contributed by atoms with Crippen molar-refractivity contribution in [1.29, 1.82) is 0 Å². The van der Waals surface area contributed by atoms with Crippen molar-refractivity contribution in [1.82, 2.24) is 0 Å². The zero-order valence-electron chi connectivity index (χ0n) is 6.88. The first-order chi connectivity index (χ1) is 5.86. The maximum Gasteiger partial charge on any atom is 0.168 e. The average Bonchev–Trinajstić information content (AvgIpc) is 2.28. The van der Waals surface area contributed by atoms with Crippen molar-refractivity contribution >= 4 is 0 Å². The highest BCUT2D eigenvalue weighted by atomic mass is 17.2. The van der Waals surface area contributed by atoms with Crippen molar-refractivity contribution in [3.05, 3.63) is 36.2 Å². The molecule has 0 bridgehead atoms. The van der Waals surface area contributed by atoms with Crippen LogP contribution in [0.4, 0.5) is 0 Å². The number of rotatable bonds is 0. The second-order valence-corrected chi connectivity index (χ2v) is 2.95. The minimum atomic E-state index is 0.668. The van der Waals surface area contributed by atoms with E-state index < -0.39 is 0 Å². The highest BCUT2D eigenvalue weighted by molar-refractivity contribution is 5.38. The predicted molar refractivity (Wildman–Crippen MR) is 45.8 cm³/mol. The van der Waals surface area contributed by atoms with Gasteiger partial charge in [-0.2, -0.15) is 4.89 Å². The number of benzene rings is 1. The van der Waals surface area contributed by atoms with Gasteiger partial charge >= 0.3 is 0 Å². The van der Waals surface area contributed by atoms with E-state index in [0.29, 0.717) is 6.61 Å². The Bertz CT molecular complexity index is 281. The van der Waals surface area contributed by atoms with Gasteiger partial charge in [-0.3, -0.25) is 0 Å². The minimum Gasteiger partial charge on any atom is -0.337 e. The van der Waals surface area contributed by atoms with Crippen molar-refractivity contribution in [3.63, 3.8) is 0 Å². The lowest BCUT2D eigenvalue weighted by atomic mass is 10.1. The van der Waals surface area contributed by atoms with E-state index in [9.17, 15) is 0 Å². The van der Waals surface area contributed by atoms with Crippen LogP contribution in [0.1, 0.15) is 17.5 Å². The Morgan fingerprint density at radius 2 is 2.25 bits per heavy atom. The summed E-state index contributed by atoms with van der Waals surface area (Å²) in [4.78, 5) is 10.0. The van der Waals surface area contributed by atoms with Crippen LogP contribution in [-0.2, 0) is 11.3 Å². The molecule has 1 aromatic rings. The molecule has 0 saturated heterocycles. The molecule has 2 rings (SSSR count). The quantitative estimate of drug-likeness (QED) is 0.545. The summed E-state index contributed by atoms with van der Waals surface area (Å²) in [5.74, 6) is 0.819. The molecular weight excluding hydrogens is 152 g/mol. The number of hydrogen-bond acceptors (Lipinski definition) is 2. The summed E-state index contributed by atoms with van der Waals surface area (Å²) in [6.45, 7) is 4.49. The van der Waals surface area contributed by atoms with Crippen molar-refractivity contribution in [2.45, 2.75) is 12.8 Å². The lowest BCUT2D eigenvalue weighted by Gasteiger charge is -2.04. The Morgan fingerprint density at radius 3 is 3.17 bits per heavy atom. The SMILES string of the molecule is [CH2]c1ccc2c(c1)OOCCC2. The molecule has 0 aromatic heterocycles. The molecule has 63 valence electrons. The molecule has 2 heteroatoms. The van der Waals surface area contributed by atoms with Crippen LogP contribution in [0.25, 0.3) is 0 Å². The van der Waals surface area contributed by atoms with Gasteiger partial charge < -0.3 is 4.89 Å². The van der Waals surface area contributed by atoms with Crippen LogP contribution >= 0.6 is 0 Å². The van der Waals surface area contributed by atoms with Crippen molar-refractivity contribution < 1.29 is 9.78 Å². The van der Waals surface area contributed by atoms with Crippen molar-refractivity contribution in [2.24, 2.45) is 0 Å².